The molecule has 0 spiro atoms. The summed E-state index contributed by atoms with van der Waals surface area (Å²) in [7, 11) is 0. The predicted octanol–water partition coefficient (Wildman–Crippen LogP) is 1.44. The van der Waals surface area contributed by atoms with Crippen molar-refractivity contribution in [2.75, 3.05) is 6.61 Å². The minimum atomic E-state index is -0.869. The monoisotopic (exact) mass is 212 g/mol. The zero-order chi connectivity index (χ0) is 11.9. The van der Waals surface area contributed by atoms with Gasteiger partial charge in [0.15, 0.2) is 0 Å². The fraction of sp³-hybridized carbons (Fsp3) is 0.833. The molecule has 1 N–H and O–H groups in total. The molecule has 86 valence electrons. The van der Waals surface area contributed by atoms with Crippen molar-refractivity contribution < 1.29 is 14.7 Å². The standard InChI is InChI=1S/C12H20O3/c1-5-12(4,7-14)10(15)9-8(6-13)11(9,2)3/h7-9,13H,5-6H2,1-4H3. The van der Waals surface area contributed by atoms with Crippen LogP contribution in [0.4, 0.5) is 0 Å². The Balaban J connectivity index is 2.84. The fourth-order valence-corrected chi connectivity index (χ4v) is 2.28. The highest BCUT2D eigenvalue weighted by Crippen LogP contribution is 2.60. The first-order valence-electron chi connectivity index (χ1n) is 5.46. The van der Waals surface area contributed by atoms with E-state index < -0.39 is 5.41 Å². The summed E-state index contributed by atoms with van der Waals surface area (Å²) in [6.45, 7) is 7.50. The Labute approximate surface area is 90.9 Å². The van der Waals surface area contributed by atoms with E-state index in [2.05, 4.69) is 0 Å². The number of Topliss-reactive ketones (excluding diaryl/α,β-unsaturated/α-hetero) is 1. The van der Waals surface area contributed by atoms with Gasteiger partial charge >= 0.3 is 0 Å². The lowest BCUT2D eigenvalue weighted by molar-refractivity contribution is -0.135. The smallest absolute Gasteiger partial charge is 0.149 e. The molecule has 3 unspecified atom stereocenters. The van der Waals surface area contributed by atoms with Gasteiger partial charge in [-0.25, -0.2) is 0 Å². The Kier molecular flexibility index (Phi) is 3.06. The molecule has 0 aromatic heterocycles. The average Bonchev–Trinajstić information content (AvgIpc) is 2.77. The van der Waals surface area contributed by atoms with E-state index in [9.17, 15) is 9.59 Å². The Bertz CT molecular complexity index is 283. The molecule has 1 rings (SSSR count). The van der Waals surface area contributed by atoms with Crippen molar-refractivity contribution in [2.45, 2.75) is 34.1 Å². The van der Waals surface area contributed by atoms with Gasteiger partial charge in [-0.1, -0.05) is 20.8 Å². The average molecular weight is 212 g/mol. The third kappa shape index (κ3) is 1.73. The first-order valence-corrected chi connectivity index (χ1v) is 5.46. The van der Waals surface area contributed by atoms with Gasteiger partial charge in [0, 0.05) is 12.5 Å². The van der Waals surface area contributed by atoms with Crippen LogP contribution < -0.4 is 0 Å². The Morgan fingerprint density at radius 1 is 1.53 bits per heavy atom. The summed E-state index contributed by atoms with van der Waals surface area (Å²) in [6, 6.07) is 0. The van der Waals surface area contributed by atoms with Crippen LogP contribution in [0.3, 0.4) is 0 Å². The molecule has 3 heteroatoms. The Hall–Kier alpha value is -0.700. The molecule has 0 amide bonds. The van der Waals surface area contributed by atoms with E-state index in [1.165, 1.54) is 0 Å². The highest BCUT2D eigenvalue weighted by Gasteiger charge is 2.63. The highest BCUT2D eigenvalue weighted by atomic mass is 16.3. The van der Waals surface area contributed by atoms with E-state index >= 15 is 0 Å². The van der Waals surface area contributed by atoms with E-state index in [1.54, 1.807) is 6.92 Å². The van der Waals surface area contributed by atoms with Gasteiger partial charge in [-0.15, -0.1) is 0 Å². The van der Waals surface area contributed by atoms with Crippen molar-refractivity contribution in [1.29, 1.82) is 0 Å². The van der Waals surface area contributed by atoms with Crippen LogP contribution >= 0.6 is 0 Å². The molecule has 0 aliphatic heterocycles. The van der Waals surface area contributed by atoms with Gasteiger partial charge < -0.3 is 9.90 Å². The third-order valence-electron chi connectivity index (χ3n) is 4.09. The van der Waals surface area contributed by atoms with Crippen LogP contribution in [0.25, 0.3) is 0 Å². The molecule has 0 radical (unpaired) electrons. The highest BCUT2D eigenvalue weighted by molar-refractivity contribution is 6.01. The number of ketones is 1. The second-order valence-electron chi connectivity index (χ2n) is 5.34. The van der Waals surface area contributed by atoms with E-state index in [0.717, 1.165) is 6.29 Å². The number of aliphatic hydroxyl groups is 1. The van der Waals surface area contributed by atoms with E-state index in [4.69, 9.17) is 5.11 Å². The first kappa shape index (κ1) is 12.4. The lowest BCUT2D eigenvalue weighted by atomic mass is 9.81. The third-order valence-corrected chi connectivity index (χ3v) is 4.09. The number of hydrogen-bond donors (Lipinski definition) is 1. The maximum Gasteiger partial charge on any atom is 0.149 e. The van der Waals surface area contributed by atoms with Gasteiger partial charge in [0.05, 0.1) is 5.41 Å². The number of hydrogen-bond acceptors (Lipinski definition) is 3. The van der Waals surface area contributed by atoms with Gasteiger partial charge in [-0.2, -0.15) is 0 Å². The van der Waals surface area contributed by atoms with Gasteiger partial charge in [0.2, 0.25) is 0 Å². The summed E-state index contributed by atoms with van der Waals surface area (Å²) in [5.74, 6) is -0.141. The van der Waals surface area contributed by atoms with Gasteiger partial charge in [0.1, 0.15) is 12.1 Å². The van der Waals surface area contributed by atoms with Crippen molar-refractivity contribution in [1.82, 2.24) is 0 Å². The molecule has 3 nitrogen and oxygen atoms in total. The van der Waals surface area contributed by atoms with Crippen LogP contribution in [0.2, 0.25) is 0 Å². The predicted molar refractivity (Wildman–Crippen MR) is 57.3 cm³/mol. The molecule has 0 aromatic carbocycles. The maximum absolute atomic E-state index is 12.1. The van der Waals surface area contributed by atoms with Gasteiger partial charge in [0.25, 0.3) is 0 Å². The van der Waals surface area contributed by atoms with Crippen molar-refractivity contribution in [3.05, 3.63) is 0 Å². The number of aliphatic hydroxyl groups excluding tert-OH is 1. The minimum absolute atomic E-state index is 0.0101. The van der Waals surface area contributed by atoms with Crippen molar-refractivity contribution in [3.8, 4) is 0 Å². The number of carbonyl (C=O) groups is 2. The lowest BCUT2D eigenvalue weighted by Crippen LogP contribution is -2.31. The minimum Gasteiger partial charge on any atom is -0.396 e. The molecule has 0 aromatic rings. The number of rotatable bonds is 5. The molecular formula is C12H20O3. The Morgan fingerprint density at radius 2 is 2.07 bits per heavy atom. The summed E-state index contributed by atoms with van der Waals surface area (Å²) in [5, 5.41) is 9.13. The SMILES string of the molecule is CCC(C)(C=O)C(=O)C1C(CO)C1(C)C. The second kappa shape index (κ2) is 3.71. The zero-order valence-corrected chi connectivity index (χ0v) is 9.91. The van der Waals surface area contributed by atoms with Crippen LogP contribution in [0.15, 0.2) is 0 Å². The van der Waals surface area contributed by atoms with Crippen LogP contribution in [-0.2, 0) is 9.59 Å². The molecule has 0 saturated heterocycles. The van der Waals surface area contributed by atoms with Crippen molar-refractivity contribution in [3.63, 3.8) is 0 Å². The number of aldehydes is 1. The second-order valence-corrected chi connectivity index (χ2v) is 5.34. The molecule has 0 heterocycles. The molecule has 15 heavy (non-hydrogen) atoms. The summed E-state index contributed by atoms with van der Waals surface area (Å²) in [4.78, 5) is 23.1. The number of carbonyl (C=O) groups excluding carboxylic acids is 2. The van der Waals surface area contributed by atoms with E-state index in [1.807, 2.05) is 20.8 Å². The molecule has 1 aliphatic carbocycles. The Morgan fingerprint density at radius 3 is 2.33 bits per heavy atom. The zero-order valence-electron chi connectivity index (χ0n) is 9.91. The molecule has 1 fully saturated rings. The summed E-state index contributed by atoms with van der Waals surface area (Å²) >= 11 is 0. The summed E-state index contributed by atoms with van der Waals surface area (Å²) in [5.41, 5.74) is -1.02. The molecular weight excluding hydrogens is 192 g/mol. The van der Waals surface area contributed by atoms with Crippen molar-refractivity contribution >= 4 is 12.1 Å². The molecule has 0 bridgehead atoms. The maximum atomic E-state index is 12.1. The molecule has 1 saturated carbocycles. The van der Waals surface area contributed by atoms with Crippen LogP contribution in [0.1, 0.15) is 34.1 Å². The molecule has 3 atom stereocenters. The normalized spacial score (nSPS) is 31.8. The van der Waals surface area contributed by atoms with Crippen LogP contribution in [0, 0.1) is 22.7 Å². The van der Waals surface area contributed by atoms with Crippen molar-refractivity contribution in [2.24, 2.45) is 22.7 Å². The summed E-state index contributed by atoms with van der Waals surface area (Å²) < 4.78 is 0. The fourth-order valence-electron chi connectivity index (χ4n) is 2.28. The quantitative estimate of drug-likeness (QED) is 0.554. The van der Waals surface area contributed by atoms with Crippen LogP contribution in [0.5, 0.6) is 0 Å². The summed E-state index contributed by atoms with van der Waals surface area (Å²) in [6.07, 6.45) is 1.28. The van der Waals surface area contributed by atoms with E-state index in [0.29, 0.717) is 6.42 Å². The van der Waals surface area contributed by atoms with Crippen LogP contribution in [-0.4, -0.2) is 23.8 Å². The largest absolute Gasteiger partial charge is 0.396 e. The van der Waals surface area contributed by atoms with E-state index in [-0.39, 0.29) is 29.6 Å². The van der Waals surface area contributed by atoms with Gasteiger partial charge in [-0.05, 0) is 24.7 Å². The lowest BCUT2D eigenvalue weighted by Gasteiger charge is -2.20. The first-order chi connectivity index (χ1) is 6.85. The topological polar surface area (TPSA) is 54.4 Å². The molecule has 1 aliphatic rings. The van der Waals surface area contributed by atoms with Gasteiger partial charge in [-0.3, -0.25) is 4.79 Å².